The van der Waals surface area contributed by atoms with Gasteiger partial charge in [0.1, 0.15) is 0 Å². The van der Waals surface area contributed by atoms with Gasteiger partial charge in [0, 0.05) is 31.8 Å². The van der Waals surface area contributed by atoms with Crippen LogP contribution in [0.4, 0.5) is 0 Å². The fourth-order valence-electron chi connectivity index (χ4n) is 0.713. The molecular weight excluding hydrogens is 235 g/mol. The van der Waals surface area contributed by atoms with Gasteiger partial charge in [-0.2, -0.15) is 0 Å². The van der Waals surface area contributed by atoms with Gasteiger partial charge in [-0.05, 0) is 0 Å². The Hall–Kier alpha value is -0.757. The van der Waals surface area contributed by atoms with Gasteiger partial charge >= 0.3 is 5.97 Å². The van der Waals surface area contributed by atoms with Crippen LogP contribution in [0.3, 0.4) is 0 Å². The van der Waals surface area contributed by atoms with Gasteiger partial charge in [-0.3, -0.25) is 4.79 Å². The van der Waals surface area contributed by atoms with Crippen molar-refractivity contribution in [1.29, 1.82) is 0 Å². The van der Waals surface area contributed by atoms with E-state index < -0.39 is 11.8 Å². The molecule has 1 aromatic carbocycles. The molecule has 0 heterocycles. The summed E-state index contributed by atoms with van der Waals surface area (Å²) in [6.07, 6.45) is 0. The average molecular weight is 241 g/mol. The quantitative estimate of drug-likeness (QED) is 0.619. The van der Waals surface area contributed by atoms with Crippen molar-refractivity contribution >= 4 is 11.8 Å². The molecule has 1 rings (SSSR count). The number of ketones is 1. The van der Waals surface area contributed by atoms with Crippen molar-refractivity contribution < 1.29 is 40.9 Å². The molecule has 12 heavy (non-hydrogen) atoms. The molecule has 0 radical (unpaired) electrons. The largest absolute Gasteiger partial charge is 0.475 e. The second-order valence-corrected chi connectivity index (χ2v) is 2.00. The minimum absolute atomic E-state index is 0. The normalized spacial score (nSPS) is 8.33. The van der Waals surface area contributed by atoms with Gasteiger partial charge in [-0.1, -0.05) is 30.3 Å². The van der Waals surface area contributed by atoms with Crippen molar-refractivity contribution in [2.75, 3.05) is 0 Å². The number of rotatable bonds is 2. The fraction of sp³-hybridized carbons (Fsp3) is 0. The van der Waals surface area contributed by atoms with Gasteiger partial charge in [-0.15, -0.1) is 0 Å². The van der Waals surface area contributed by atoms with Crippen LogP contribution in [-0.2, 0) is 31.0 Å². The Morgan fingerprint density at radius 1 is 1.08 bits per heavy atom. The number of carboxylic acids is 1. The Labute approximate surface area is 88.5 Å². The maximum absolute atomic E-state index is 10.7. The van der Waals surface area contributed by atoms with Gasteiger partial charge in [0.15, 0.2) is 0 Å². The van der Waals surface area contributed by atoms with Crippen LogP contribution in [-0.4, -0.2) is 16.9 Å². The van der Waals surface area contributed by atoms with Gasteiger partial charge in [0.25, 0.3) is 5.78 Å². The van der Waals surface area contributed by atoms with Crippen molar-refractivity contribution in [3.05, 3.63) is 35.9 Å². The first kappa shape index (κ1) is 11.2. The molecule has 0 aliphatic heterocycles. The first-order chi connectivity index (χ1) is 5.22. The molecule has 0 aliphatic carbocycles. The molecule has 0 saturated heterocycles. The van der Waals surface area contributed by atoms with Crippen molar-refractivity contribution in [1.82, 2.24) is 0 Å². The van der Waals surface area contributed by atoms with Crippen LogP contribution in [0.5, 0.6) is 0 Å². The standard InChI is InChI=1S/C8H6O3.Zr/c9-7(8(10)11)6-4-2-1-3-5-6;/h1-5H,(H,10,11);. The molecule has 0 aromatic heterocycles. The predicted octanol–water partition coefficient (Wildman–Crippen LogP) is 0.951. The van der Waals surface area contributed by atoms with Gasteiger partial charge < -0.3 is 5.11 Å². The number of Topliss-reactive ketones (excluding diaryl/α,β-unsaturated/α-hetero) is 1. The van der Waals surface area contributed by atoms with Crippen molar-refractivity contribution in [3.63, 3.8) is 0 Å². The molecule has 0 fully saturated rings. The number of carbonyl (C=O) groups excluding carboxylic acids is 1. The summed E-state index contributed by atoms with van der Waals surface area (Å²) in [6.45, 7) is 0. The Morgan fingerprint density at radius 3 is 2.00 bits per heavy atom. The smallest absolute Gasteiger partial charge is 0.377 e. The number of aliphatic carboxylic acids is 1. The third-order valence-electron chi connectivity index (χ3n) is 1.23. The maximum atomic E-state index is 10.7. The number of hydrogen-bond acceptors (Lipinski definition) is 2. The Balaban J connectivity index is 0.00000121. The minimum atomic E-state index is -1.42. The first-order valence-corrected chi connectivity index (χ1v) is 3.04. The van der Waals surface area contributed by atoms with E-state index >= 15 is 0 Å². The third-order valence-corrected chi connectivity index (χ3v) is 1.23. The summed E-state index contributed by atoms with van der Waals surface area (Å²) < 4.78 is 0. The molecule has 0 spiro atoms. The second-order valence-electron chi connectivity index (χ2n) is 2.00. The molecule has 60 valence electrons. The summed E-state index contributed by atoms with van der Waals surface area (Å²) in [7, 11) is 0. The SMILES string of the molecule is O=C(O)C(=O)c1ccccc1.[Zr]. The molecule has 0 atom stereocenters. The van der Waals surface area contributed by atoms with E-state index in [0.29, 0.717) is 0 Å². The number of hydrogen-bond donors (Lipinski definition) is 1. The summed E-state index contributed by atoms with van der Waals surface area (Å²) in [4.78, 5) is 20.9. The van der Waals surface area contributed by atoms with Crippen molar-refractivity contribution in [3.8, 4) is 0 Å². The summed E-state index contributed by atoms with van der Waals surface area (Å²) in [6, 6.07) is 7.90. The predicted molar refractivity (Wildman–Crippen MR) is 38.4 cm³/mol. The van der Waals surface area contributed by atoms with Crippen LogP contribution in [0.1, 0.15) is 10.4 Å². The molecule has 1 N–H and O–H groups in total. The van der Waals surface area contributed by atoms with Gasteiger partial charge in [-0.25, -0.2) is 4.79 Å². The molecule has 0 unspecified atom stereocenters. The monoisotopic (exact) mass is 240 g/mol. The van der Waals surface area contributed by atoms with Crippen molar-refractivity contribution in [2.24, 2.45) is 0 Å². The molecule has 0 amide bonds. The zero-order valence-corrected chi connectivity index (χ0v) is 8.61. The third kappa shape index (κ3) is 2.70. The molecule has 4 heteroatoms. The van der Waals surface area contributed by atoms with E-state index in [1.807, 2.05) is 0 Å². The van der Waals surface area contributed by atoms with Crippen molar-refractivity contribution in [2.45, 2.75) is 0 Å². The minimum Gasteiger partial charge on any atom is -0.475 e. The number of carbonyl (C=O) groups is 2. The van der Waals surface area contributed by atoms with Crippen LogP contribution in [0, 0.1) is 0 Å². The van der Waals surface area contributed by atoms with Crippen LogP contribution in [0.15, 0.2) is 30.3 Å². The fourth-order valence-corrected chi connectivity index (χ4v) is 0.713. The zero-order chi connectivity index (χ0) is 8.27. The van der Waals surface area contributed by atoms with E-state index in [2.05, 4.69) is 0 Å². The Morgan fingerprint density at radius 2 is 1.58 bits per heavy atom. The van der Waals surface area contributed by atoms with Crippen LogP contribution >= 0.6 is 0 Å². The zero-order valence-electron chi connectivity index (χ0n) is 6.15. The topological polar surface area (TPSA) is 54.4 Å². The molecule has 0 aliphatic rings. The number of carboxylic acid groups (broad SMARTS) is 1. The molecule has 3 nitrogen and oxygen atoms in total. The van der Waals surface area contributed by atoms with E-state index in [1.165, 1.54) is 12.1 Å². The van der Waals surface area contributed by atoms with E-state index in [0.717, 1.165) is 0 Å². The summed E-state index contributed by atoms with van der Waals surface area (Å²) in [5.41, 5.74) is 0.208. The van der Waals surface area contributed by atoms with Gasteiger partial charge in [0.05, 0.1) is 0 Å². The van der Waals surface area contributed by atoms with Gasteiger partial charge in [0.2, 0.25) is 0 Å². The van der Waals surface area contributed by atoms with E-state index in [4.69, 9.17) is 5.11 Å². The van der Waals surface area contributed by atoms with Crippen LogP contribution < -0.4 is 0 Å². The average Bonchev–Trinajstić information content (AvgIpc) is 2.05. The first-order valence-electron chi connectivity index (χ1n) is 3.04. The van der Waals surface area contributed by atoms with Crippen LogP contribution in [0.2, 0.25) is 0 Å². The van der Waals surface area contributed by atoms with E-state index in [1.54, 1.807) is 18.2 Å². The van der Waals surface area contributed by atoms with E-state index in [9.17, 15) is 9.59 Å². The number of benzene rings is 1. The molecule has 1 aromatic rings. The van der Waals surface area contributed by atoms with Crippen LogP contribution in [0.25, 0.3) is 0 Å². The Bertz CT molecular complexity index is 282. The second kappa shape index (κ2) is 4.99. The summed E-state index contributed by atoms with van der Waals surface area (Å²) in [5, 5.41) is 8.29. The summed E-state index contributed by atoms with van der Waals surface area (Å²) >= 11 is 0. The maximum Gasteiger partial charge on any atom is 0.377 e. The molecule has 0 bridgehead atoms. The Kier molecular flexibility index (Phi) is 4.68. The molecular formula is C8H6O3Zr. The molecule has 0 saturated carbocycles. The summed E-state index contributed by atoms with van der Waals surface area (Å²) in [5.74, 6) is -2.29. The van der Waals surface area contributed by atoms with E-state index in [-0.39, 0.29) is 31.8 Å².